The van der Waals surface area contributed by atoms with E-state index in [9.17, 15) is 33.0 Å². The first-order valence-corrected chi connectivity index (χ1v) is 16.4. The summed E-state index contributed by atoms with van der Waals surface area (Å²) in [6.45, 7) is 1.79. The molecule has 0 saturated heterocycles. The van der Waals surface area contributed by atoms with E-state index in [0.717, 1.165) is 17.7 Å². The summed E-state index contributed by atoms with van der Waals surface area (Å²) in [7, 11) is -4.46. The van der Waals surface area contributed by atoms with Crippen molar-refractivity contribution >= 4 is 37.1 Å². The molecule has 0 bridgehead atoms. The highest BCUT2D eigenvalue weighted by Gasteiger charge is 2.36. The lowest BCUT2D eigenvalue weighted by Crippen LogP contribution is -2.53. The Morgan fingerprint density at radius 3 is 2.20 bits per heavy atom. The molecule has 0 aromatic heterocycles. The topological polar surface area (TPSA) is 168 Å². The van der Waals surface area contributed by atoms with Crippen LogP contribution in [0.25, 0.3) is 6.08 Å². The Hall–Kier alpha value is -4.60. The molecule has 12 heteroatoms. The number of primary amides is 1. The highest BCUT2D eigenvalue weighted by atomic mass is 31.2. The third-order valence-corrected chi connectivity index (χ3v) is 8.91. The van der Waals surface area contributed by atoms with E-state index in [-0.39, 0.29) is 24.8 Å². The summed E-state index contributed by atoms with van der Waals surface area (Å²) in [5, 5.41) is 7.55. The van der Waals surface area contributed by atoms with Gasteiger partial charge in [0.15, 0.2) is 0 Å². The average Bonchev–Trinajstić information content (AvgIpc) is 3.00. The van der Waals surface area contributed by atoms with Gasteiger partial charge in [0.05, 0.1) is 0 Å². The summed E-state index contributed by atoms with van der Waals surface area (Å²) in [5.41, 5.74) is 6.98. The van der Waals surface area contributed by atoms with Gasteiger partial charge in [-0.05, 0) is 42.2 Å². The van der Waals surface area contributed by atoms with Gasteiger partial charge in [-0.3, -0.25) is 23.7 Å². The summed E-state index contributed by atoms with van der Waals surface area (Å²) < 4.78 is 27.3. The molecule has 3 unspecified atom stereocenters. The van der Waals surface area contributed by atoms with E-state index in [0.29, 0.717) is 12.0 Å². The maximum absolute atomic E-state index is 13.7. The predicted octanol–water partition coefficient (Wildman–Crippen LogP) is 3.75. The Kier molecular flexibility index (Phi) is 13.2. The molecule has 0 radical (unpaired) electrons. The fraction of sp³-hybridized carbons (Fsp3) is 0.273. The van der Waals surface area contributed by atoms with E-state index in [2.05, 4.69) is 16.0 Å². The zero-order chi connectivity index (χ0) is 32.8. The lowest BCUT2D eigenvalue weighted by molar-refractivity contribution is -0.130. The van der Waals surface area contributed by atoms with Gasteiger partial charge in [0, 0.05) is 12.0 Å². The Morgan fingerprint density at radius 2 is 1.58 bits per heavy atom. The molecule has 4 amide bonds. The third kappa shape index (κ3) is 11.4. The summed E-state index contributed by atoms with van der Waals surface area (Å²) in [6.07, 6.45) is 3.27. The molecule has 0 fully saturated rings. The van der Waals surface area contributed by atoms with Crippen molar-refractivity contribution in [1.29, 1.82) is 0 Å². The lowest BCUT2D eigenvalue weighted by atomic mass is 10.1. The second-order valence-corrected chi connectivity index (χ2v) is 13.0. The molecule has 10 nitrogen and oxygen atoms in total. The van der Waals surface area contributed by atoms with Crippen molar-refractivity contribution in [2.45, 2.75) is 50.5 Å². The van der Waals surface area contributed by atoms with Crippen molar-refractivity contribution < 1.29 is 33.0 Å². The molecule has 6 N–H and O–H groups in total. The maximum atomic E-state index is 13.7. The van der Waals surface area contributed by atoms with Crippen LogP contribution in [0.5, 0.6) is 0 Å². The SMILES string of the molecule is CCCC(NC(=O)CP(=O)(O)C(Cc1ccccc1)NC(=O)c1cccc(F)c1)C(=O)N[C@@H](C/C=C/c1ccccc1)C(N)=O. The fourth-order valence-electron chi connectivity index (χ4n) is 4.53. The number of nitrogens with one attached hydrogen (secondary N) is 3. The molecule has 0 heterocycles. The number of halogens is 1. The van der Waals surface area contributed by atoms with Crippen molar-refractivity contribution in [3.05, 3.63) is 114 Å². The van der Waals surface area contributed by atoms with Crippen LogP contribution in [0.3, 0.4) is 0 Å². The van der Waals surface area contributed by atoms with Crippen LogP contribution in [-0.2, 0) is 25.4 Å². The molecule has 0 aliphatic heterocycles. The molecule has 0 spiro atoms. The van der Waals surface area contributed by atoms with Gasteiger partial charge >= 0.3 is 0 Å². The zero-order valence-corrected chi connectivity index (χ0v) is 25.8. The minimum Gasteiger partial charge on any atom is -0.368 e. The average molecular weight is 637 g/mol. The Bertz CT molecular complexity index is 1540. The molecular formula is C33H38FN4O6P. The van der Waals surface area contributed by atoms with Crippen LogP contribution in [0.2, 0.25) is 0 Å². The van der Waals surface area contributed by atoms with Crippen molar-refractivity contribution in [2.75, 3.05) is 6.16 Å². The Labute approximate surface area is 261 Å². The number of rotatable bonds is 16. The molecule has 0 aliphatic rings. The van der Waals surface area contributed by atoms with Crippen LogP contribution in [0.4, 0.5) is 4.39 Å². The minimum absolute atomic E-state index is 0.0557. The summed E-state index contributed by atoms with van der Waals surface area (Å²) >= 11 is 0. The molecule has 3 rings (SSSR count). The third-order valence-electron chi connectivity index (χ3n) is 6.88. The van der Waals surface area contributed by atoms with E-state index < -0.39 is 60.8 Å². The standard InChI is InChI=1S/C33H38FN4O6P/c1-2-11-28(33(42)37-27(31(35)40)19-9-16-23-12-5-3-6-13-23)36-29(39)22-45(43,44)30(20-24-14-7-4-8-15-24)38-32(41)25-17-10-18-26(34)21-25/h3-10,12-18,21,27-28,30H,2,11,19-20,22H2,1H3,(H2,35,40)(H,36,39)(H,37,42)(H,38,41)(H,43,44)/b16-9+/t27-,28?,30?/m0/s1. The monoisotopic (exact) mass is 636 g/mol. The summed E-state index contributed by atoms with van der Waals surface area (Å²) in [4.78, 5) is 62.2. The first-order chi connectivity index (χ1) is 21.5. The summed E-state index contributed by atoms with van der Waals surface area (Å²) in [6, 6.07) is 20.6. The van der Waals surface area contributed by atoms with Crippen LogP contribution in [-0.4, -0.2) is 52.6 Å². The van der Waals surface area contributed by atoms with Crippen molar-refractivity contribution in [1.82, 2.24) is 16.0 Å². The number of nitrogens with two attached hydrogens (primary N) is 1. The molecule has 3 aromatic rings. The largest absolute Gasteiger partial charge is 0.368 e. The van der Waals surface area contributed by atoms with Gasteiger partial charge in [0.25, 0.3) is 5.91 Å². The molecular weight excluding hydrogens is 598 g/mol. The van der Waals surface area contributed by atoms with E-state index >= 15 is 0 Å². The second kappa shape index (κ2) is 17.0. The quantitative estimate of drug-likeness (QED) is 0.150. The second-order valence-electron chi connectivity index (χ2n) is 10.5. The summed E-state index contributed by atoms with van der Waals surface area (Å²) in [5.74, 6) is -5.16. The van der Waals surface area contributed by atoms with Gasteiger partial charge in [-0.2, -0.15) is 0 Å². The van der Waals surface area contributed by atoms with Gasteiger partial charge in [-0.15, -0.1) is 0 Å². The predicted molar refractivity (Wildman–Crippen MR) is 171 cm³/mol. The minimum atomic E-state index is -4.46. The van der Waals surface area contributed by atoms with Crippen LogP contribution in [0, 0.1) is 5.82 Å². The van der Waals surface area contributed by atoms with Crippen LogP contribution >= 0.6 is 7.37 Å². The lowest BCUT2D eigenvalue weighted by Gasteiger charge is -2.26. The highest BCUT2D eigenvalue weighted by molar-refractivity contribution is 7.59. The highest BCUT2D eigenvalue weighted by Crippen LogP contribution is 2.46. The van der Waals surface area contributed by atoms with Crippen LogP contribution < -0.4 is 21.7 Å². The van der Waals surface area contributed by atoms with E-state index in [1.54, 1.807) is 49.4 Å². The number of amides is 4. The number of carbonyl (C=O) groups excluding carboxylic acids is 4. The van der Waals surface area contributed by atoms with Gasteiger partial charge in [-0.1, -0.05) is 92.2 Å². The van der Waals surface area contributed by atoms with Crippen molar-refractivity contribution in [2.24, 2.45) is 5.73 Å². The molecule has 0 saturated carbocycles. The van der Waals surface area contributed by atoms with Crippen molar-refractivity contribution in [3.63, 3.8) is 0 Å². The molecule has 3 aromatic carbocycles. The molecule has 4 atom stereocenters. The van der Waals surface area contributed by atoms with Gasteiger partial charge in [0.2, 0.25) is 25.1 Å². The van der Waals surface area contributed by atoms with Crippen LogP contribution in [0.15, 0.2) is 91.0 Å². The smallest absolute Gasteiger partial charge is 0.252 e. The normalized spacial score (nSPS) is 14.5. The first-order valence-electron chi connectivity index (χ1n) is 14.5. The van der Waals surface area contributed by atoms with Crippen molar-refractivity contribution in [3.8, 4) is 0 Å². The molecule has 238 valence electrons. The van der Waals surface area contributed by atoms with E-state index in [1.165, 1.54) is 12.1 Å². The number of benzene rings is 3. The van der Waals surface area contributed by atoms with Gasteiger partial charge < -0.3 is 26.6 Å². The fourth-order valence-corrected chi connectivity index (χ4v) is 6.07. The molecule has 45 heavy (non-hydrogen) atoms. The van der Waals surface area contributed by atoms with Gasteiger partial charge in [0.1, 0.15) is 29.8 Å². The zero-order valence-electron chi connectivity index (χ0n) is 24.9. The first kappa shape index (κ1) is 34.9. The van der Waals surface area contributed by atoms with E-state index in [1.807, 2.05) is 30.3 Å². The number of hydrogen-bond acceptors (Lipinski definition) is 5. The molecule has 0 aliphatic carbocycles. The Morgan fingerprint density at radius 1 is 0.911 bits per heavy atom. The maximum Gasteiger partial charge on any atom is 0.252 e. The van der Waals surface area contributed by atoms with E-state index in [4.69, 9.17) is 5.73 Å². The Balaban J connectivity index is 1.70. The number of carbonyl (C=O) groups is 4. The van der Waals surface area contributed by atoms with Gasteiger partial charge in [-0.25, -0.2) is 4.39 Å². The number of hydrogen-bond donors (Lipinski definition) is 5. The van der Waals surface area contributed by atoms with Crippen LogP contribution in [0.1, 0.15) is 47.7 Å².